The summed E-state index contributed by atoms with van der Waals surface area (Å²) in [6.07, 6.45) is 0.224. The van der Waals surface area contributed by atoms with Gasteiger partial charge in [-0.25, -0.2) is 4.98 Å². The van der Waals surface area contributed by atoms with E-state index in [1.54, 1.807) is 48.5 Å². The Morgan fingerprint density at radius 3 is 2.32 bits per heavy atom. The molecule has 0 spiro atoms. The van der Waals surface area contributed by atoms with Gasteiger partial charge in [0.2, 0.25) is 5.91 Å². The zero-order chi connectivity index (χ0) is 28.7. The molecule has 0 atom stereocenters. The van der Waals surface area contributed by atoms with Crippen LogP contribution in [0.3, 0.4) is 0 Å². The van der Waals surface area contributed by atoms with Crippen molar-refractivity contribution >= 4 is 35.0 Å². The quantitative estimate of drug-likeness (QED) is 0.164. The third-order valence-corrected chi connectivity index (χ3v) is 5.18. The number of alkyl halides is 1. The molecule has 0 saturated carbocycles. The van der Waals surface area contributed by atoms with E-state index in [0.717, 1.165) is 5.56 Å². The van der Waals surface area contributed by atoms with Crippen molar-refractivity contribution in [3.8, 4) is 11.3 Å². The lowest BCUT2D eigenvalue weighted by Crippen LogP contribution is -2.35. The maximum Gasteiger partial charge on any atom is 0.294 e. The number of carbonyl (C=O) groups is 1. The Labute approximate surface area is 227 Å². The van der Waals surface area contributed by atoms with Gasteiger partial charge in [0.15, 0.2) is 11.0 Å². The average Bonchev–Trinajstić information content (AvgIpc) is 2.93. The second-order valence-electron chi connectivity index (χ2n) is 7.45. The number of nitrogens with one attached hydrogen (secondary N) is 4. The molecule has 38 heavy (non-hydrogen) atoms. The number of aromatic nitrogens is 2. The van der Waals surface area contributed by atoms with Crippen molar-refractivity contribution in [1.29, 1.82) is 12.3 Å². The van der Waals surface area contributed by atoms with E-state index in [9.17, 15) is 14.0 Å². The zero-order valence-electron chi connectivity index (χ0n) is 21.0. The van der Waals surface area contributed by atoms with E-state index in [1.807, 2.05) is 6.07 Å². The monoisotopic (exact) mass is 556 g/mol. The Balaban J connectivity index is 0. The van der Waals surface area contributed by atoms with Crippen molar-refractivity contribution in [1.82, 2.24) is 14.9 Å². The highest BCUT2D eigenvalue weighted by molar-refractivity contribution is 6.32. The van der Waals surface area contributed by atoms with Crippen LogP contribution in [-0.4, -0.2) is 42.3 Å². The Morgan fingerprint density at radius 2 is 1.76 bits per heavy atom. The summed E-state index contributed by atoms with van der Waals surface area (Å²) in [5.74, 6) is -0.494. The lowest BCUT2D eigenvalue weighted by molar-refractivity contribution is -0.121. The molecule has 3 aromatic rings. The Bertz CT molecular complexity index is 1280. The van der Waals surface area contributed by atoms with E-state index in [4.69, 9.17) is 38.6 Å². The Kier molecular flexibility index (Phi) is 13.7. The number of rotatable bonds is 10. The predicted octanol–water partition coefficient (Wildman–Crippen LogP) is 3.52. The smallest absolute Gasteiger partial charge is 0.294 e. The van der Waals surface area contributed by atoms with Gasteiger partial charge in [0.25, 0.3) is 7.01 Å². The van der Waals surface area contributed by atoms with Gasteiger partial charge in [0.05, 0.1) is 18.7 Å². The molecule has 0 aliphatic rings. The molecule has 0 aliphatic heterocycles. The molecular formula is C25H35ClF2N8O2. The van der Waals surface area contributed by atoms with Crippen LogP contribution in [0.4, 0.5) is 14.9 Å². The molecule has 1 amide bonds. The maximum atomic E-state index is 13.2. The van der Waals surface area contributed by atoms with Gasteiger partial charge in [-0.2, -0.15) is 0 Å². The minimum Gasteiger partial charge on any atom is -0.388 e. The van der Waals surface area contributed by atoms with Gasteiger partial charge in [-0.05, 0) is 5.56 Å². The molecule has 0 aliphatic carbocycles. The lowest BCUT2D eigenvalue weighted by Gasteiger charge is -2.16. The number of nitrogen functional groups attached to an aromatic ring is 1. The molecule has 0 saturated heterocycles. The summed E-state index contributed by atoms with van der Waals surface area (Å²) in [5.41, 5.74) is 12.7. The highest BCUT2D eigenvalue weighted by atomic mass is 35.5. The van der Waals surface area contributed by atoms with E-state index < -0.39 is 11.5 Å². The van der Waals surface area contributed by atoms with E-state index in [0.29, 0.717) is 24.0 Å². The number of benzene rings is 2. The number of hydrogen-bond donors (Lipinski definition) is 6. The van der Waals surface area contributed by atoms with Gasteiger partial charge in [0.1, 0.15) is 12.4 Å². The van der Waals surface area contributed by atoms with Crippen molar-refractivity contribution in [2.75, 3.05) is 19.0 Å². The highest BCUT2D eigenvalue weighted by Gasteiger charge is 2.19. The number of amidine groups is 2. The molecule has 0 unspecified atom stereocenters. The van der Waals surface area contributed by atoms with Crippen LogP contribution in [0.5, 0.6) is 0 Å². The van der Waals surface area contributed by atoms with Crippen LogP contribution in [0, 0.1) is 10.8 Å². The molecule has 2 aromatic carbocycles. The first-order chi connectivity index (χ1) is 18.3. The first kappa shape index (κ1) is 31.7. The molecule has 10 nitrogen and oxygen atoms in total. The molecule has 0 fully saturated rings. The van der Waals surface area contributed by atoms with Gasteiger partial charge in [-0.1, -0.05) is 73.6 Å². The Hall–Kier alpha value is -4.32. The van der Waals surface area contributed by atoms with Crippen LogP contribution >= 0.6 is 11.6 Å². The molecule has 0 radical (unpaired) electrons. The van der Waals surface area contributed by atoms with Crippen LogP contribution in [-0.2, 0) is 17.9 Å². The van der Waals surface area contributed by atoms with Gasteiger partial charge < -0.3 is 22.1 Å². The Morgan fingerprint density at radius 1 is 1.16 bits per heavy atom. The van der Waals surface area contributed by atoms with Crippen LogP contribution in [0.1, 0.15) is 26.4 Å². The zero-order valence-corrected chi connectivity index (χ0v) is 20.8. The molecule has 1 heterocycles. The molecule has 13 heteroatoms. The van der Waals surface area contributed by atoms with E-state index in [-0.39, 0.29) is 57.6 Å². The van der Waals surface area contributed by atoms with E-state index >= 15 is 0 Å². The molecule has 0 bridgehead atoms. The summed E-state index contributed by atoms with van der Waals surface area (Å²) in [7, 11) is 0.500. The highest BCUT2D eigenvalue weighted by Crippen LogP contribution is 2.26. The SMILES string of the molecule is C.CF.N=C(N)CCNc1nc(Cl)c(-c2ccccc2)n(CC(=O)NCc2ccc(C(=N)N)cc2)c1=O.[3HH].[3H]F. The normalized spacial score (nSPS) is 9.74. The molecule has 208 valence electrons. The third kappa shape index (κ3) is 9.28. The first-order valence-electron chi connectivity index (χ1n) is 11.1. The summed E-state index contributed by atoms with van der Waals surface area (Å²) >= 11 is 6.44. The second kappa shape index (κ2) is 16.4. The molecule has 3 rings (SSSR count). The van der Waals surface area contributed by atoms with Crippen LogP contribution < -0.4 is 27.7 Å². The number of carbonyl (C=O) groups excluding carboxylic acids is 1. The number of halogens is 3. The van der Waals surface area contributed by atoms with Gasteiger partial charge >= 0.3 is 0 Å². The second-order valence-corrected chi connectivity index (χ2v) is 7.80. The first-order valence-corrected chi connectivity index (χ1v) is 11.1. The minimum atomic E-state index is -0.521. The standard InChI is InChI=1S/C23H25ClN8O2.CH3F.CH4.FH.H2/c24-20-19(15-4-2-1-3-5-15)32(23(34)22(31-20)29-11-10-17(25)26)13-18(33)30-12-14-6-8-16(9-7-14)21(27)28;1-2;;;/h1-9H,10-13H2,(H3,25,26)(H3,27,28)(H,29,31)(H,30,33);1H3;1H4;2*1H/i;;;;1+2/hT. The summed E-state index contributed by atoms with van der Waals surface area (Å²) in [6, 6.07) is 15.9. The fourth-order valence-corrected chi connectivity index (χ4v) is 3.49. The maximum absolute atomic E-state index is 13.2. The minimum absolute atomic E-state index is 0. The number of nitrogens with zero attached hydrogens (tertiary/aromatic N) is 2. The van der Waals surface area contributed by atoms with Gasteiger partial charge in [0, 0.05) is 32.1 Å². The largest absolute Gasteiger partial charge is 0.388 e. The number of nitrogens with two attached hydrogens (primary N) is 2. The number of hydrogen-bond acceptors (Lipinski definition) is 6. The van der Waals surface area contributed by atoms with Crippen molar-refractivity contribution < 1.29 is 15.3 Å². The lowest BCUT2D eigenvalue weighted by atomic mass is 10.1. The fraction of sp³-hybridized carbons (Fsp3) is 0.240. The molecule has 1 aromatic heterocycles. The molecule has 8 N–H and O–H groups in total. The van der Waals surface area contributed by atoms with Crippen molar-refractivity contribution in [3.63, 3.8) is 0 Å². The van der Waals surface area contributed by atoms with Crippen molar-refractivity contribution in [3.05, 3.63) is 81.2 Å². The van der Waals surface area contributed by atoms with Gasteiger partial charge in [-0.3, -0.25) is 34.1 Å². The predicted molar refractivity (Wildman–Crippen MR) is 152 cm³/mol. The van der Waals surface area contributed by atoms with Crippen molar-refractivity contribution in [2.45, 2.75) is 26.9 Å². The van der Waals surface area contributed by atoms with Gasteiger partial charge in [-0.15, -0.1) is 0 Å². The third-order valence-electron chi connectivity index (χ3n) is 4.91. The van der Waals surface area contributed by atoms with Crippen LogP contribution in [0.15, 0.2) is 59.4 Å². The number of anilines is 1. The average molecular weight is 557 g/mol. The fourth-order valence-electron chi connectivity index (χ4n) is 3.19. The summed E-state index contributed by atoms with van der Waals surface area (Å²) in [4.78, 5) is 30.1. The van der Waals surface area contributed by atoms with E-state index in [2.05, 4.69) is 17.1 Å². The van der Waals surface area contributed by atoms with Crippen molar-refractivity contribution in [2.24, 2.45) is 11.5 Å². The van der Waals surface area contributed by atoms with E-state index in [1.165, 1.54) is 4.57 Å². The summed E-state index contributed by atoms with van der Waals surface area (Å²) in [5, 5.41) is 20.5. The van der Waals surface area contributed by atoms with Crippen LogP contribution in [0.25, 0.3) is 11.3 Å². The number of amides is 1. The molecular weight excluding hydrogens is 518 g/mol. The topological polar surface area (TPSA) is 176 Å². The summed E-state index contributed by atoms with van der Waals surface area (Å²) in [6.45, 7) is 0.175. The summed E-state index contributed by atoms with van der Waals surface area (Å²) < 4.78 is 23.8. The van der Waals surface area contributed by atoms with Crippen LogP contribution in [0.2, 0.25) is 5.15 Å².